The molecule has 0 aliphatic carbocycles. The first-order valence-corrected chi connectivity index (χ1v) is 8.44. The van der Waals surface area contributed by atoms with E-state index in [0.29, 0.717) is 6.04 Å². The van der Waals surface area contributed by atoms with Crippen LogP contribution in [0.1, 0.15) is 18.4 Å². The molecule has 1 saturated heterocycles. The molecule has 1 aromatic heterocycles. The van der Waals surface area contributed by atoms with Crippen LogP contribution < -0.4 is 4.90 Å². The Morgan fingerprint density at radius 2 is 2.00 bits per heavy atom. The lowest BCUT2D eigenvalue weighted by Gasteiger charge is -2.32. The van der Waals surface area contributed by atoms with Crippen LogP contribution in [0.3, 0.4) is 0 Å². The third-order valence-corrected chi connectivity index (χ3v) is 5.47. The highest BCUT2D eigenvalue weighted by atomic mass is 32.2. The quantitative estimate of drug-likeness (QED) is 0.851. The standard InChI is InChI=1S/C15H19N3OS/c1-11-4-3-5-13-14(11)16-10-17-15(13)18(2)12-6-8-20(19)9-7-12/h3-5,10,12H,6-9H2,1-2H3. The second kappa shape index (κ2) is 5.48. The summed E-state index contributed by atoms with van der Waals surface area (Å²) in [6, 6.07) is 6.62. The van der Waals surface area contributed by atoms with Gasteiger partial charge in [-0.2, -0.15) is 0 Å². The lowest BCUT2D eigenvalue weighted by Crippen LogP contribution is -2.38. The molecule has 5 heteroatoms. The van der Waals surface area contributed by atoms with Crippen molar-refractivity contribution in [2.24, 2.45) is 0 Å². The molecule has 1 aromatic carbocycles. The van der Waals surface area contributed by atoms with Crippen LogP contribution in [0.15, 0.2) is 24.5 Å². The summed E-state index contributed by atoms with van der Waals surface area (Å²) in [4.78, 5) is 11.1. The molecule has 20 heavy (non-hydrogen) atoms. The van der Waals surface area contributed by atoms with Crippen molar-refractivity contribution in [1.82, 2.24) is 9.97 Å². The van der Waals surface area contributed by atoms with Crippen molar-refractivity contribution in [1.29, 1.82) is 0 Å². The van der Waals surface area contributed by atoms with Crippen LogP contribution in [-0.4, -0.2) is 38.8 Å². The zero-order valence-electron chi connectivity index (χ0n) is 11.9. The molecule has 1 aliphatic rings. The van der Waals surface area contributed by atoms with Crippen molar-refractivity contribution < 1.29 is 4.21 Å². The number of hydrogen-bond acceptors (Lipinski definition) is 4. The van der Waals surface area contributed by atoms with E-state index < -0.39 is 10.8 Å². The number of aryl methyl sites for hydroxylation is 1. The van der Waals surface area contributed by atoms with Crippen LogP contribution in [0, 0.1) is 6.92 Å². The maximum atomic E-state index is 11.5. The average molecular weight is 289 g/mol. The number of anilines is 1. The molecule has 0 saturated carbocycles. The second-order valence-corrected chi connectivity index (χ2v) is 7.05. The zero-order chi connectivity index (χ0) is 14.1. The Morgan fingerprint density at radius 1 is 1.25 bits per heavy atom. The van der Waals surface area contributed by atoms with E-state index in [9.17, 15) is 4.21 Å². The largest absolute Gasteiger partial charge is 0.356 e. The smallest absolute Gasteiger partial charge is 0.139 e. The molecule has 106 valence electrons. The van der Waals surface area contributed by atoms with Crippen LogP contribution in [0.4, 0.5) is 5.82 Å². The molecule has 3 rings (SSSR count). The molecule has 4 nitrogen and oxygen atoms in total. The topological polar surface area (TPSA) is 46.1 Å². The van der Waals surface area contributed by atoms with Gasteiger partial charge in [-0.3, -0.25) is 4.21 Å². The van der Waals surface area contributed by atoms with Crippen molar-refractivity contribution in [3.8, 4) is 0 Å². The molecule has 1 fully saturated rings. The molecule has 0 atom stereocenters. The summed E-state index contributed by atoms with van der Waals surface area (Å²) in [5.74, 6) is 2.59. The molecular weight excluding hydrogens is 270 g/mol. The van der Waals surface area contributed by atoms with E-state index in [1.807, 2.05) is 6.07 Å². The average Bonchev–Trinajstić information content (AvgIpc) is 2.47. The van der Waals surface area contributed by atoms with Gasteiger partial charge in [0.1, 0.15) is 12.1 Å². The molecule has 0 spiro atoms. The summed E-state index contributed by atoms with van der Waals surface area (Å²) in [6.45, 7) is 2.07. The van der Waals surface area contributed by atoms with E-state index >= 15 is 0 Å². The third kappa shape index (κ3) is 2.42. The Morgan fingerprint density at radius 3 is 2.75 bits per heavy atom. The van der Waals surface area contributed by atoms with Gasteiger partial charge in [-0.05, 0) is 31.4 Å². The van der Waals surface area contributed by atoms with Crippen molar-refractivity contribution in [3.63, 3.8) is 0 Å². The van der Waals surface area contributed by atoms with Gasteiger partial charge in [0.15, 0.2) is 0 Å². The molecule has 0 bridgehead atoms. The van der Waals surface area contributed by atoms with E-state index in [4.69, 9.17) is 0 Å². The van der Waals surface area contributed by atoms with Crippen LogP contribution >= 0.6 is 0 Å². The van der Waals surface area contributed by atoms with Gasteiger partial charge in [-0.25, -0.2) is 9.97 Å². The first-order chi connectivity index (χ1) is 9.66. The summed E-state index contributed by atoms with van der Waals surface area (Å²) in [5.41, 5.74) is 2.19. The summed E-state index contributed by atoms with van der Waals surface area (Å²) in [7, 11) is 1.46. The highest BCUT2D eigenvalue weighted by molar-refractivity contribution is 7.85. The molecule has 1 aliphatic heterocycles. The third-order valence-electron chi connectivity index (χ3n) is 4.08. The van der Waals surface area contributed by atoms with Gasteiger partial charge >= 0.3 is 0 Å². The predicted octanol–water partition coefficient (Wildman–Crippen LogP) is 2.29. The second-order valence-electron chi connectivity index (χ2n) is 5.36. The Labute approximate surface area is 121 Å². The lowest BCUT2D eigenvalue weighted by molar-refractivity contribution is 0.567. The number of fused-ring (bicyclic) bond motifs is 1. The van der Waals surface area contributed by atoms with Crippen molar-refractivity contribution in [3.05, 3.63) is 30.1 Å². The monoisotopic (exact) mass is 289 g/mol. The molecule has 0 unspecified atom stereocenters. The van der Waals surface area contributed by atoms with E-state index in [2.05, 4.69) is 41.0 Å². The van der Waals surface area contributed by atoms with Crippen LogP contribution in [0.25, 0.3) is 10.9 Å². The highest BCUT2D eigenvalue weighted by Crippen LogP contribution is 2.27. The minimum atomic E-state index is -0.624. The number of nitrogens with zero attached hydrogens (tertiary/aromatic N) is 3. The van der Waals surface area contributed by atoms with Gasteiger partial charge in [-0.15, -0.1) is 0 Å². The van der Waals surface area contributed by atoms with Gasteiger partial charge in [0.25, 0.3) is 0 Å². The molecular formula is C15H19N3OS. The Bertz CT molecular complexity index is 649. The zero-order valence-corrected chi connectivity index (χ0v) is 12.7. The summed E-state index contributed by atoms with van der Waals surface area (Å²) in [5, 5.41) is 1.10. The van der Waals surface area contributed by atoms with Gasteiger partial charge in [0, 0.05) is 40.8 Å². The van der Waals surface area contributed by atoms with Crippen molar-refractivity contribution >= 4 is 27.5 Å². The summed E-state index contributed by atoms with van der Waals surface area (Å²) in [6.07, 6.45) is 3.59. The minimum absolute atomic E-state index is 0.423. The summed E-state index contributed by atoms with van der Waals surface area (Å²) < 4.78 is 11.5. The van der Waals surface area contributed by atoms with E-state index in [0.717, 1.165) is 41.1 Å². The van der Waals surface area contributed by atoms with Crippen LogP contribution in [-0.2, 0) is 10.8 Å². The number of benzene rings is 1. The minimum Gasteiger partial charge on any atom is -0.356 e. The van der Waals surface area contributed by atoms with E-state index in [1.54, 1.807) is 6.33 Å². The molecule has 0 N–H and O–H groups in total. The fourth-order valence-corrected chi connectivity index (χ4v) is 4.12. The summed E-state index contributed by atoms with van der Waals surface area (Å²) >= 11 is 0. The molecule has 2 heterocycles. The van der Waals surface area contributed by atoms with E-state index in [1.165, 1.54) is 5.56 Å². The lowest BCUT2D eigenvalue weighted by atomic mass is 10.1. The normalized spacial score (nSPS) is 22.9. The Hall–Kier alpha value is -1.49. The molecule has 2 aromatic rings. The van der Waals surface area contributed by atoms with Gasteiger partial charge in [-0.1, -0.05) is 12.1 Å². The molecule has 0 radical (unpaired) electrons. The Kier molecular flexibility index (Phi) is 3.70. The van der Waals surface area contributed by atoms with Gasteiger partial charge in [0.2, 0.25) is 0 Å². The SMILES string of the molecule is Cc1cccc2c(N(C)C3CCS(=O)CC3)ncnc12. The van der Waals surface area contributed by atoms with Crippen molar-refractivity contribution in [2.45, 2.75) is 25.8 Å². The predicted molar refractivity (Wildman–Crippen MR) is 83.6 cm³/mol. The fourth-order valence-electron chi connectivity index (χ4n) is 2.84. The Balaban J connectivity index is 1.97. The molecule has 0 amide bonds. The highest BCUT2D eigenvalue weighted by Gasteiger charge is 2.23. The maximum Gasteiger partial charge on any atom is 0.139 e. The first-order valence-electron chi connectivity index (χ1n) is 6.95. The number of hydrogen-bond donors (Lipinski definition) is 0. The number of aromatic nitrogens is 2. The van der Waals surface area contributed by atoms with E-state index in [-0.39, 0.29) is 0 Å². The van der Waals surface area contributed by atoms with Crippen molar-refractivity contribution in [2.75, 3.05) is 23.5 Å². The van der Waals surface area contributed by atoms with Gasteiger partial charge in [0.05, 0.1) is 5.52 Å². The number of rotatable bonds is 2. The maximum absolute atomic E-state index is 11.5. The number of para-hydroxylation sites is 1. The fraction of sp³-hybridized carbons (Fsp3) is 0.467. The first kappa shape index (κ1) is 13.5. The van der Waals surface area contributed by atoms with Crippen LogP contribution in [0.2, 0.25) is 0 Å². The van der Waals surface area contributed by atoms with Crippen LogP contribution in [0.5, 0.6) is 0 Å². The van der Waals surface area contributed by atoms with Gasteiger partial charge < -0.3 is 4.90 Å².